The molecular weight excluding hydrogens is 387 g/mol. The molecule has 1 heterocycles. The van der Waals surface area contributed by atoms with Crippen LogP contribution in [0.15, 0.2) is 18.2 Å². The minimum absolute atomic E-state index is 0.0500. The summed E-state index contributed by atoms with van der Waals surface area (Å²) in [6, 6.07) is 5.88. The number of unbranched alkanes of at least 4 members (excludes halogenated alkanes) is 2. The quantitative estimate of drug-likeness (QED) is 0.541. The van der Waals surface area contributed by atoms with E-state index < -0.39 is 0 Å². The van der Waals surface area contributed by atoms with E-state index in [1.165, 1.54) is 57.3 Å². The number of piperidine rings is 1. The largest absolute Gasteiger partial charge is 0.352 e. The first-order valence-corrected chi connectivity index (χ1v) is 9.51. The number of nitrogens with one attached hydrogen (secondary N) is 1. The number of hydrogen-bond donors (Lipinski definition) is 1. The van der Waals surface area contributed by atoms with Crippen LogP contribution in [0.3, 0.4) is 0 Å². The van der Waals surface area contributed by atoms with Crippen molar-refractivity contribution in [1.29, 1.82) is 0 Å². The summed E-state index contributed by atoms with van der Waals surface area (Å²) >= 11 is 2.28. The van der Waals surface area contributed by atoms with Gasteiger partial charge in [0.25, 0.3) is 5.91 Å². The van der Waals surface area contributed by atoms with E-state index in [0.29, 0.717) is 0 Å². The van der Waals surface area contributed by atoms with Crippen molar-refractivity contribution in [3.8, 4) is 0 Å². The SMILES string of the molecule is Cc1ccc(C(=O)NCCCCCN2CCCCC2)cc1I. The lowest BCUT2D eigenvalue weighted by Gasteiger charge is -2.26. The molecule has 0 radical (unpaired) electrons. The molecule has 3 nitrogen and oxygen atoms in total. The maximum absolute atomic E-state index is 12.1. The third-order valence-electron chi connectivity index (χ3n) is 4.32. The number of aryl methyl sites for hydroxylation is 1. The van der Waals surface area contributed by atoms with Gasteiger partial charge in [0, 0.05) is 15.7 Å². The van der Waals surface area contributed by atoms with Gasteiger partial charge in [0.15, 0.2) is 0 Å². The zero-order valence-corrected chi connectivity index (χ0v) is 15.7. The number of carbonyl (C=O) groups excluding carboxylic acids is 1. The van der Waals surface area contributed by atoms with Crippen LogP contribution < -0.4 is 5.32 Å². The van der Waals surface area contributed by atoms with E-state index in [2.05, 4.69) is 39.7 Å². The lowest BCUT2D eigenvalue weighted by atomic mass is 10.1. The number of hydrogen-bond acceptors (Lipinski definition) is 2. The Hall–Kier alpha value is -0.620. The van der Waals surface area contributed by atoms with Gasteiger partial charge in [-0.05, 0) is 92.5 Å². The van der Waals surface area contributed by atoms with Crippen molar-refractivity contribution in [1.82, 2.24) is 10.2 Å². The second-order valence-electron chi connectivity index (χ2n) is 6.18. The van der Waals surface area contributed by atoms with E-state index in [0.717, 1.165) is 22.1 Å². The van der Waals surface area contributed by atoms with Gasteiger partial charge < -0.3 is 10.2 Å². The third-order valence-corrected chi connectivity index (χ3v) is 5.48. The average molecular weight is 414 g/mol. The first kappa shape index (κ1) is 17.7. The molecule has 1 amide bonds. The molecule has 1 aliphatic heterocycles. The van der Waals surface area contributed by atoms with Crippen LogP contribution in [0, 0.1) is 10.5 Å². The van der Waals surface area contributed by atoms with Crippen LogP contribution in [-0.4, -0.2) is 37.0 Å². The topological polar surface area (TPSA) is 32.3 Å². The van der Waals surface area contributed by atoms with Crippen molar-refractivity contribution in [2.75, 3.05) is 26.2 Å². The van der Waals surface area contributed by atoms with E-state index in [-0.39, 0.29) is 5.91 Å². The molecular formula is C18H27IN2O. The van der Waals surface area contributed by atoms with E-state index in [1.807, 2.05) is 18.2 Å². The Labute approximate surface area is 148 Å². The molecule has 1 N–H and O–H groups in total. The summed E-state index contributed by atoms with van der Waals surface area (Å²) in [5.41, 5.74) is 1.98. The van der Waals surface area contributed by atoms with E-state index in [4.69, 9.17) is 0 Å². The van der Waals surface area contributed by atoms with Gasteiger partial charge in [-0.2, -0.15) is 0 Å². The van der Waals surface area contributed by atoms with Crippen molar-refractivity contribution in [3.63, 3.8) is 0 Å². The Kier molecular flexibility index (Phi) is 7.66. The van der Waals surface area contributed by atoms with Gasteiger partial charge in [-0.15, -0.1) is 0 Å². The van der Waals surface area contributed by atoms with Gasteiger partial charge >= 0.3 is 0 Å². The number of amides is 1. The minimum Gasteiger partial charge on any atom is -0.352 e. The highest BCUT2D eigenvalue weighted by Crippen LogP contribution is 2.13. The van der Waals surface area contributed by atoms with Gasteiger partial charge in [-0.3, -0.25) is 4.79 Å². The minimum atomic E-state index is 0.0500. The molecule has 0 saturated carbocycles. The summed E-state index contributed by atoms with van der Waals surface area (Å²) < 4.78 is 1.15. The van der Waals surface area contributed by atoms with Gasteiger partial charge in [0.1, 0.15) is 0 Å². The maximum atomic E-state index is 12.1. The number of likely N-dealkylation sites (tertiary alicyclic amines) is 1. The third kappa shape index (κ3) is 5.88. The molecule has 22 heavy (non-hydrogen) atoms. The van der Waals surface area contributed by atoms with Gasteiger partial charge in [-0.1, -0.05) is 18.9 Å². The molecule has 1 aromatic rings. The second kappa shape index (κ2) is 9.50. The summed E-state index contributed by atoms with van der Waals surface area (Å²) in [6.07, 6.45) is 7.65. The van der Waals surface area contributed by atoms with E-state index in [1.54, 1.807) is 0 Å². The predicted octanol–water partition coefficient (Wildman–Crippen LogP) is 3.99. The van der Waals surface area contributed by atoms with Crippen molar-refractivity contribution < 1.29 is 4.79 Å². The Morgan fingerprint density at radius 1 is 1.18 bits per heavy atom. The van der Waals surface area contributed by atoms with Gasteiger partial charge in [-0.25, -0.2) is 0 Å². The molecule has 1 aliphatic rings. The highest BCUT2D eigenvalue weighted by molar-refractivity contribution is 14.1. The van der Waals surface area contributed by atoms with Crippen molar-refractivity contribution >= 4 is 28.5 Å². The summed E-state index contributed by atoms with van der Waals surface area (Å²) in [4.78, 5) is 14.6. The zero-order valence-electron chi connectivity index (χ0n) is 13.5. The van der Waals surface area contributed by atoms with Crippen LogP contribution in [0.4, 0.5) is 0 Å². The van der Waals surface area contributed by atoms with Crippen molar-refractivity contribution in [2.45, 2.75) is 45.4 Å². The fraction of sp³-hybridized carbons (Fsp3) is 0.611. The van der Waals surface area contributed by atoms with Crippen LogP contribution in [-0.2, 0) is 0 Å². The number of benzene rings is 1. The Morgan fingerprint density at radius 2 is 1.95 bits per heavy atom. The maximum Gasteiger partial charge on any atom is 0.251 e. The number of halogens is 1. The Morgan fingerprint density at radius 3 is 2.68 bits per heavy atom. The van der Waals surface area contributed by atoms with Crippen LogP contribution >= 0.6 is 22.6 Å². The Bertz CT molecular complexity index is 484. The molecule has 0 spiro atoms. The molecule has 1 saturated heterocycles. The number of nitrogens with zero attached hydrogens (tertiary/aromatic N) is 1. The second-order valence-corrected chi connectivity index (χ2v) is 7.35. The zero-order chi connectivity index (χ0) is 15.8. The summed E-state index contributed by atoms with van der Waals surface area (Å²) in [5.74, 6) is 0.0500. The number of rotatable bonds is 7. The highest BCUT2D eigenvalue weighted by Gasteiger charge is 2.09. The van der Waals surface area contributed by atoms with Gasteiger partial charge in [0.2, 0.25) is 0 Å². The molecule has 2 rings (SSSR count). The number of carbonyl (C=O) groups is 1. The van der Waals surface area contributed by atoms with E-state index >= 15 is 0 Å². The predicted molar refractivity (Wildman–Crippen MR) is 100 cm³/mol. The molecule has 0 atom stereocenters. The standard InChI is InChI=1S/C18H27IN2O/c1-15-8-9-16(14-17(15)19)18(22)20-10-4-2-5-11-21-12-6-3-7-13-21/h8-9,14H,2-7,10-13H2,1H3,(H,20,22). The fourth-order valence-electron chi connectivity index (χ4n) is 2.86. The average Bonchev–Trinajstić information content (AvgIpc) is 2.54. The Balaban J connectivity index is 1.57. The molecule has 1 fully saturated rings. The van der Waals surface area contributed by atoms with E-state index in [9.17, 15) is 4.79 Å². The molecule has 0 aliphatic carbocycles. The molecule has 0 bridgehead atoms. The monoisotopic (exact) mass is 414 g/mol. The normalized spacial score (nSPS) is 15.7. The van der Waals surface area contributed by atoms with Gasteiger partial charge in [0.05, 0.1) is 0 Å². The van der Waals surface area contributed by atoms with Crippen molar-refractivity contribution in [2.24, 2.45) is 0 Å². The molecule has 0 unspecified atom stereocenters. The molecule has 1 aromatic carbocycles. The van der Waals surface area contributed by atoms with Crippen LogP contribution in [0.2, 0.25) is 0 Å². The van der Waals surface area contributed by atoms with Crippen LogP contribution in [0.1, 0.15) is 54.4 Å². The van der Waals surface area contributed by atoms with Crippen molar-refractivity contribution in [3.05, 3.63) is 32.9 Å². The first-order valence-electron chi connectivity index (χ1n) is 8.43. The fourth-order valence-corrected chi connectivity index (χ4v) is 3.37. The van der Waals surface area contributed by atoms with Crippen LogP contribution in [0.5, 0.6) is 0 Å². The summed E-state index contributed by atoms with van der Waals surface area (Å²) in [5, 5.41) is 3.03. The van der Waals surface area contributed by atoms with Crippen LogP contribution in [0.25, 0.3) is 0 Å². The molecule has 4 heteroatoms. The molecule has 122 valence electrons. The summed E-state index contributed by atoms with van der Waals surface area (Å²) in [6.45, 7) is 6.63. The summed E-state index contributed by atoms with van der Waals surface area (Å²) in [7, 11) is 0. The highest BCUT2D eigenvalue weighted by atomic mass is 127. The lowest BCUT2D eigenvalue weighted by Crippen LogP contribution is -2.30. The first-order chi connectivity index (χ1) is 10.7. The molecule has 0 aromatic heterocycles. The lowest BCUT2D eigenvalue weighted by molar-refractivity contribution is 0.0952. The smallest absolute Gasteiger partial charge is 0.251 e.